The van der Waals surface area contributed by atoms with Crippen LogP contribution in [0.1, 0.15) is 43.0 Å². The maximum Gasteiger partial charge on any atom is 0.337 e. The molecule has 1 aromatic carbocycles. The largest absolute Gasteiger partial charge is 0.479 e. The number of carboxylic acids is 1. The first-order valence-corrected chi connectivity index (χ1v) is 9.46. The van der Waals surface area contributed by atoms with E-state index in [9.17, 15) is 23.1 Å². The quantitative estimate of drug-likeness (QED) is 0.551. The summed E-state index contributed by atoms with van der Waals surface area (Å²) in [6, 6.07) is 5.38. The van der Waals surface area contributed by atoms with E-state index in [0.717, 1.165) is 32.6 Å². The molecule has 0 heterocycles. The fraction of sp³-hybridized carbons (Fsp3) is 0.500. The Morgan fingerprint density at radius 2 is 1.92 bits per heavy atom. The molecule has 4 N–H and O–H groups in total. The van der Waals surface area contributed by atoms with Gasteiger partial charge in [0.25, 0.3) is 5.91 Å². The highest BCUT2D eigenvalue weighted by atomic mass is 32.2. The first-order valence-electron chi connectivity index (χ1n) is 7.98. The molecule has 1 amide bonds. The topological polar surface area (TPSA) is 133 Å². The highest BCUT2D eigenvalue weighted by Gasteiger charge is 2.30. The minimum absolute atomic E-state index is 0.0305. The molecular formula is C16H22N2O6S. The predicted octanol–water partition coefficient (Wildman–Crippen LogP) is 0.473. The Balaban J connectivity index is 2.09. The van der Waals surface area contributed by atoms with E-state index in [1.807, 2.05) is 0 Å². The molecule has 1 atom stereocenters. The van der Waals surface area contributed by atoms with E-state index in [-0.39, 0.29) is 16.5 Å². The van der Waals surface area contributed by atoms with E-state index < -0.39 is 34.0 Å². The molecule has 1 saturated carbocycles. The standard InChI is InChI=1S/C16H22N2O6S/c1-16(22,15(20)21)10-17-14(19)11-5-4-8-13(9-11)25(23,24)18-12-6-2-3-7-12/h4-5,8-9,12,18,22H,2-3,6-7,10H2,1H3,(H,17,19)(H,20,21). The zero-order valence-corrected chi connectivity index (χ0v) is 14.7. The van der Waals surface area contributed by atoms with Gasteiger partial charge in [-0.2, -0.15) is 0 Å². The Morgan fingerprint density at radius 3 is 2.52 bits per heavy atom. The van der Waals surface area contributed by atoms with Crippen LogP contribution in [0.3, 0.4) is 0 Å². The summed E-state index contributed by atoms with van der Waals surface area (Å²) in [7, 11) is -3.73. The van der Waals surface area contributed by atoms with E-state index in [2.05, 4.69) is 10.0 Å². The van der Waals surface area contributed by atoms with E-state index in [0.29, 0.717) is 0 Å². The van der Waals surface area contributed by atoms with Gasteiger partial charge in [-0.15, -0.1) is 0 Å². The summed E-state index contributed by atoms with van der Waals surface area (Å²) in [6.07, 6.45) is 3.56. The number of benzene rings is 1. The summed E-state index contributed by atoms with van der Waals surface area (Å²) < 4.78 is 27.4. The molecule has 1 unspecified atom stereocenters. The smallest absolute Gasteiger partial charge is 0.337 e. The lowest BCUT2D eigenvalue weighted by atomic mass is 10.1. The average molecular weight is 370 g/mol. The van der Waals surface area contributed by atoms with Crippen LogP contribution in [0.2, 0.25) is 0 Å². The van der Waals surface area contributed by atoms with Gasteiger partial charge < -0.3 is 15.5 Å². The van der Waals surface area contributed by atoms with E-state index in [1.54, 1.807) is 0 Å². The number of aliphatic hydroxyl groups is 1. The molecule has 1 aliphatic carbocycles. The predicted molar refractivity (Wildman–Crippen MR) is 89.6 cm³/mol. The van der Waals surface area contributed by atoms with E-state index in [1.165, 1.54) is 24.3 Å². The third kappa shape index (κ3) is 5.00. The lowest BCUT2D eigenvalue weighted by Crippen LogP contribution is -2.46. The van der Waals surface area contributed by atoms with Gasteiger partial charge in [-0.05, 0) is 38.0 Å². The number of hydrogen-bond donors (Lipinski definition) is 4. The number of amides is 1. The Bertz CT molecular complexity index is 754. The van der Waals surface area contributed by atoms with Crippen LogP contribution in [-0.4, -0.2) is 48.7 Å². The molecule has 0 bridgehead atoms. The van der Waals surface area contributed by atoms with Crippen LogP contribution in [0.4, 0.5) is 0 Å². The molecule has 8 nitrogen and oxygen atoms in total. The highest BCUT2D eigenvalue weighted by molar-refractivity contribution is 7.89. The third-order valence-corrected chi connectivity index (χ3v) is 5.66. The minimum Gasteiger partial charge on any atom is -0.479 e. The van der Waals surface area contributed by atoms with Crippen molar-refractivity contribution in [2.24, 2.45) is 0 Å². The zero-order valence-electron chi connectivity index (χ0n) is 13.9. The van der Waals surface area contributed by atoms with Gasteiger partial charge in [0, 0.05) is 11.6 Å². The number of carbonyl (C=O) groups is 2. The molecule has 1 aromatic rings. The number of nitrogens with one attached hydrogen (secondary N) is 2. The number of hydrogen-bond acceptors (Lipinski definition) is 5. The van der Waals surface area contributed by atoms with Crippen molar-refractivity contribution in [3.05, 3.63) is 29.8 Å². The molecule has 138 valence electrons. The van der Waals surface area contributed by atoms with Crippen molar-refractivity contribution in [3.63, 3.8) is 0 Å². The fourth-order valence-electron chi connectivity index (χ4n) is 2.57. The first-order chi connectivity index (χ1) is 11.6. The van der Waals surface area contributed by atoms with E-state index >= 15 is 0 Å². The second kappa shape index (κ2) is 7.51. The first kappa shape index (κ1) is 19.4. The molecule has 0 radical (unpaired) electrons. The lowest BCUT2D eigenvalue weighted by molar-refractivity contribution is -0.155. The van der Waals surface area contributed by atoms with E-state index in [4.69, 9.17) is 5.11 Å². The summed E-state index contributed by atoms with van der Waals surface area (Å²) >= 11 is 0. The number of carboxylic acid groups (broad SMARTS) is 1. The normalized spacial score (nSPS) is 17.8. The third-order valence-electron chi connectivity index (χ3n) is 4.14. The molecule has 0 aliphatic heterocycles. The molecular weight excluding hydrogens is 348 g/mol. The second-order valence-corrected chi connectivity index (χ2v) is 8.11. The van der Waals surface area contributed by atoms with Gasteiger partial charge in [0.1, 0.15) is 0 Å². The lowest BCUT2D eigenvalue weighted by Gasteiger charge is -2.18. The summed E-state index contributed by atoms with van der Waals surface area (Å²) in [6.45, 7) is 0.556. The Hall–Kier alpha value is -1.97. The Labute approximate surface area is 146 Å². The number of rotatable bonds is 7. The Kier molecular flexibility index (Phi) is 5.81. The summed E-state index contributed by atoms with van der Waals surface area (Å²) in [5.41, 5.74) is -2.04. The van der Waals surface area contributed by atoms with Gasteiger partial charge in [-0.3, -0.25) is 4.79 Å². The van der Waals surface area contributed by atoms with Crippen LogP contribution in [0, 0.1) is 0 Å². The molecule has 1 fully saturated rings. The van der Waals surface area contributed by atoms with Gasteiger partial charge >= 0.3 is 5.97 Å². The van der Waals surface area contributed by atoms with Crippen molar-refractivity contribution in [2.45, 2.75) is 49.1 Å². The maximum absolute atomic E-state index is 12.4. The van der Waals surface area contributed by atoms with Crippen molar-refractivity contribution >= 4 is 21.9 Å². The number of sulfonamides is 1. The van der Waals surface area contributed by atoms with Gasteiger partial charge in [-0.25, -0.2) is 17.9 Å². The van der Waals surface area contributed by atoms with Crippen LogP contribution in [-0.2, 0) is 14.8 Å². The average Bonchev–Trinajstić information content (AvgIpc) is 3.05. The number of carbonyl (C=O) groups excluding carboxylic acids is 1. The van der Waals surface area contributed by atoms with Crippen LogP contribution in [0.15, 0.2) is 29.2 Å². The van der Waals surface area contributed by atoms with Gasteiger partial charge in [0.15, 0.2) is 5.60 Å². The number of aliphatic carboxylic acids is 1. The SMILES string of the molecule is CC(O)(CNC(=O)c1cccc(S(=O)(=O)NC2CCCC2)c1)C(=O)O. The second-order valence-electron chi connectivity index (χ2n) is 6.39. The van der Waals surface area contributed by atoms with Crippen molar-refractivity contribution in [2.75, 3.05) is 6.54 Å². The summed E-state index contributed by atoms with van der Waals surface area (Å²) in [5.74, 6) is -2.13. The summed E-state index contributed by atoms with van der Waals surface area (Å²) in [5, 5.41) is 20.7. The molecule has 1 aliphatic rings. The van der Waals surface area contributed by atoms with Crippen molar-refractivity contribution in [1.82, 2.24) is 10.0 Å². The van der Waals surface area contributed by atoms with Crippen LogP contribution >= 0.6 is 0 Å². The van der Waals surface area contributed by atoms with Crippen molar-refractivity contribution < 1.29 is 28.2 Å². The molecule has 25 heavy (non-hydrogen) atoms. The molecule has 0 aromatic heterocycles. The molecule has 2 rings (SSSR count). The highest BCUT2D eigenvalue weighted by Crippen LogP contribution is 2.20. The van der Waals surface area contributed by atoms with Gasteiger partial charge in [-0.1, -0.05) is 18.9 Å². The molecule has 9 heteroatoms. The summed E-state index contributed by atoms with van der Waals surface area (Å²) in [4.78, 5) is 22.9. The fourth-order valence-corrected chi connectivity index (χ4v) is 3.92. The van der Waals surface area contributed by atoms with Crippen LogP contribution < -0.4 is 10.0 Å². The van der Waals surface area contributed by atoms with Crippen LogP contribution in [0.25, 0.3) is 0 Å². The minimum atomic E-state index is -3.73. The monoisotopic (exact) mass is 370 g/mol. The van der Waals surface area contributed by atoms with Crippen molar-refractivity contribution in [1.29, 1.82) is 0 Å². The van der Waals surface area contributed by atoms with Gasteiger partial charge in [0.05, 0.1) is 11.4 Å². The maximum atomic E-state index is 12.4. The van der Waals surface area contributed by atoms with Crippen LogP contribution in [0.5, 0.6) is 0 Å². The zero-order chi connectivity index (χ0) is 18.7. The van der Waals surface area contributed by atoms with Crippen molar-refractivity contribution in [3.8, 4) is 0 Å². The molecule has 0 saturated heterocycles. The van der Waals surface area contributed by atoms with Gasteiger partial charge in [0.2, 0.25) is 10.0 Å². The Morgan fingerprint density at radius 1 is 1.28 bits per heavy atom. The molecule has 0 spiro atoms.